The van der Waals surface area contributed by atoms with Gasteiger partial charge in [0.1, 0.15) is 5.82 Å². The van der Waals surface area contributed by atoms with Crippen molar-refractivity contribution in [2.45, 2.75) is 57.8 Å². The monoisotopic (exact) mass is 252 g/mol. The summed E-state index contributed by atoms with van der Waals surface area (Å²) in [6.07, 6.45) is 8.57. The van der Waals surface area contributed by atoms with Gasteiger partial charge in [-0.3, -0.25) is 0 Å². The summed E-state index contributed by atoms with van der Waals surface area (Å²) in [4.78, 5) is 0. The maximum Gasteiger partial charge on any atom is 0.123 e. The van der Waals surface area contributed by atoms with Crippen molar-refractivity contribution in [1.29, 1.82) is 0 Å². The molecule has 2 heteroatoms. The molecule has 102 valence electrons. The number of rotatable bonds is 9. The minimum atomic E-state index is -0.213. The van der Waals surface area contributed by atoms with Crippen LogP contribution in [0.2, 0.25) is 0 Å². The average Bonchev–Trinajstić information content (AvgIpc) is 2.39. The van der Waals surface area contributed by atoms with Crippen molar-refractivity contribution in [3.63, 3.8) is 0 Å². The lowest BCUT2D eigenvalue weighted by atomic mass is 9.93. The second kappa shape index (κ2) is 9.09. The number of hydrogen-bond donors (Lipinski definition) is 1. The molecule has 0 radical (unpaired) electrons. The van der Waals surface area contributed by atoms with Crippen molar-refractivity contribution in [1.82, 2.24) is 0 Å². The normalized spacial score (nSPS) is 12.6. The van der Waals surface area contributed by atoms with Crippen molar-refractivity contribution in [3.8, 4) is 0 Å². The molecule has 0 amide bonds. The van der Waals surface area contributed by atoms with Gasteiger partial charge in [0.05, 0.1) is 0 Å². The fourth-order valence-corrected chi connectivity index (χ4v) is 2.27. The molecule has 0 aliphatic rings. The number of benzene rings is 1. The van der Waals surface area contributed by atoms with Crippen LogP contribution >= 0.6 is 0 Å². The summed E-state index contributed by atoms with van der Waals surface area (Å²) >= 11 is 0. The van der Waals surface area contributed by atoms with Crippen LogP contribution < -0.4 is 0 Å². The highest BCUT2D eigenvalue weighted by Crippen LogP contribution is 2.22. The molecule has 1 atom stereocenters. The van der Waals surface area contributed by atoms with Crippen LogP contribution in [0, 0.1) is 5.82 Å². The van der Waals surface area contributed by atoms with Crippen molar-refractivity contribution in [2.24, 2.45) is 0 Å². The summed E-state index contributed by atoms with van der Waals surface area (Å²) in [6, 6.07) is 6.51. The summed E-state index contributed by atoms with van der Waals surface area (Å²) in [6.45, 7) is 2.37. The highest BCUT2D eigenvalue weighted by Gasteiger charge is 2.09. The molecule has 0 saturated heterocycles. The fourth-order valence-electron chi connectivity index (χ4n) is 2.27. The van der Waals surface area contributed by atoms with E-state index < -0.39 is 0 Å². The zero-order chi connectivity index (χ0) is 13.2. The Bertz CT molecular complexity index is 307. The predicted molar refractivity (Wildman–Crippen MR) is 74.2 cm³/mol. The van der Waals surface area contributed by atoms with E-state index in [4.69, 9.17) is 0 Å². The van der Waals surface area contributed by atoms with E-state index in [0.717, 1.165) is 18.4 Å². The molecule has 0 aliphatic heterocycles. The summed E-state index contributed by atoms with van der Waals surface area (Å²) in [5.74, 6) is -0.0493. The SMILES string of the molecule is CCCCCCCCC(CO)c1ccc(F)cc1. The van der Waals surface area contributed by atoms with Crippen LogP contribution in [0.25, 0.3) is 0 Å². The van der Waals surface area contributed by atoms with Gasteiger partial charge in [0.15, 0.2) is 0 Å². The first-order chi connectivity index (χ1) is 8.77. The Balaban J connectivity index is 2.27. The molecule has 0 bridgehead atoms. The first kappa shape index (κ1) is 15.2. The van der Waals surface area contributed by atoms with Gasteiger partial charge in [-0.1, -0.05) is 57.6 Å². The van der Waals surface area contributed by atoms with E-state index in [1.807, 2.05) is 0 Å². The molecule has 1 nitrogen and oxygen atoms in total. The summed E-state index contributed by atoms with van der Waals surface area (Å²) in [5, 5.41) is 9.40. The van der Waals surface area contributed by atoms with Gasteiger partial charge in [-0.2, -0.15) is 0 Å². The highest BCUT2D eigenvalue weighted by molar-refractivity contribution is 5.20. The number of hydrogen-bond acceptors (Lipinski definition) is 1. The second-order valence-electron chi connectivity index (χ2n) is 4.99. The fraction of sp³-hybridized carbons (Fsp3) is 0.625. The molecule has 0 spiro atoms. The highest BCUT2D eigenvalue weighted by atomic mass is 19.1. The molecule has 0 fully saturated rings. The smallest absolute Gasteiger partial charge is 0.123 e. The van der Waals surface area contributed by atoms with Crippen molar-refractivity contribution < 1.29 is 9.50 Å². The maximum atomic E-state index is 12.8. The lowest BCUT2D eigenvalue weighted by Crippen LogP contribution is -2.04. The molecule has 1 unspecified atom stereocenters. The molecular formula is C16H25FO. The zero-order valence-corrected chi connectivity index (χ0v) is 11.4. The predicted octanol–water partition coefficient (Wildman–Crippen LogP) is 4.65. The lowest BCUT2D eigenvalue weighted by Gasteiger charge is -2.14. The molecule has 0 saturated carbocycles. The van der Waals surface area contributed by atoms with Crippen LogP contribution in [0.5, 0.6) is 0 Å². The van der Waals surface area contributed by atoms with Crippen LogP contribution in [-0.4, -0.2) is 11.7 Å². The average molecular weight is 252 g/mol. The van der Waals surface area contributed by atoms with E-state index in [1.165, 1.54) is 44.2 Å². The molecule has 0 heterocycles. The lowest BCUT2D eigenvalue weighted by molar-refractivity contribution is 0.256. The van der Waals surface area contributed by atoms with Gasteiger partial charge in [-0.05, 0) is 24.1 Å². The van der Waals surface area contributed by atoms with Crippen LogP contribution in [0.4, 0.5) is 4.39 Å². The third-order valence-electron chi connectivity index (χ3n) is 3.47. The molecule has 1 aromatic carbocycles. The quantitative estimate of drug-likeness (QED) is 0.634. The second-order valence-corrected chi connectivity index (χ2v) is 4.99. The Morgan fingerprint density at radius 2 is 1.61 bits per heavy atom. The van der Waals surface area contributed by atoms with Gasteiger partial charge in [0.25, 0.3) is 0 Å². The third kappa shape index (κ3) is 5.63. The molecule has 0 aromatic heterocycles. The minimum absolute atomic E-state index is 0.153. The van der Waals surface area contributed by atoms with Gasteiger partial charge in [-0.15, -0.1) is 0 Å². The number of halogens is 1. The number of unbranched alkanes of at least 4 members (excludes halogenated alkanes) is 5. The standard InChI is InChI=1S/C16H25FO/c1-2-3-4-5-6-7-8-15(13-18)14-9-11-16(17)12-10-14/h9-12,15,18H,2-8,13H2,1H3. The molecule has 1 aromatic rings. The molecular weight excluding hydrogens is 227 g/mol. The minimum Gasteiger partial charge on any atom is -0.396 e. The third-order valence-corrected chi connectivity index (χ3v) is 3.47. The van der Waals surface area contributed by atoms with Gasteiger partial charge in [0, 0.05) is 12.5 Å². The molecule has 0 aliphatic carbocycles. The Morgan fingerprint density at radius 1 is 1.00 bits per heavy atom. The van der Waals surface area contributed by atoms with Crippen molar-refractivity contribution >= 4 is 0 Å². The number of aliphatic hydroxyl groups is 1. The van der Waals surface area contributed by atoms with Crippen LogP contribution in [0.15, 0.2) is 24.3 Å². The summed E-state index contributed by atoms with van der Waals surface area (Å²) < 4.78 is 12.8. The van der Waals surface area contributed by atoms with Crippen molar-refractivity contribution in [2.75, 3.05) is 6.61 Å². The molecule has 1 N–H and O–H groups in total. The Hall–Kier alpha value is -0.890. The Kier molecular flexibility index (Phi) is 7.66. The maximum absolute atomic E-state index is 12.8. The topological polar surface area (TPSA) is 20.2 Å². The van der Waals surface area contributed by atoms with E-state index in [2.05, 4.69) is 6.92 Å². The zero-order valence-electron chi connectivity index (χ0n) is 11.4. The van der Waals surface area contributed by atoms with Gasteiger partial charge in [-0.25, -0.2) is 4.39 Å². The van der Waals surface area contributed by atoms with Gasteiger partial charge < -0.3 is 5.11 Å². The first-order valence-corrected chi connectivity index (χ1v) is 7.14. The van der Waals surface area contributed by atoms with Crippen LogP contribution in [0.1, 0.15) is 63.4 Å². The summed E-state index contributed by atoms with van der Waals surface area (Å²) in [5.41, 5.74) is 1.05. The summed E-state index contributed by atoms with van der Waals surface area (Å²) in [7, 11) is 0. The van der Waals surface area contributed by atoms with E-state index in [-0.39, 0.29) is 18.3 Å². The van der Waals surface area contributed by atoms with E-state index >= 15 is 0 Å². The van der Waals surface area contributed by atoms with E-state index in [0.29, 0.717) is 0 Å². The van der Waals surface area contributed by atoms with E-state index in [9.17, 15) is 9.50 Å². The van der Waals surface area contributed by atoms with E-state index in [1.54, 1.807) is 12.1 Å². The Morgan fingerprint density at radius 3 is 2.22 bits per heavy atom. The molecule has 1 rings (SSSR count). The van der Waals surface area contributed by atoms with Crippen molar-refractivity contribution in [3.05, 3.63) is 35.6 Å². The van der Waals surface area contributed by atoms with Crippen LogP contribution in [0.3, 0.4) is 0 Å². The van der Waals surface area contributed by atoms with Gasteiger partial charge in [0.2, 0.25) is 0 Å². The van der Waals surface area contributed by atoms with Gasteiger partial charge >= 0.3 is 0 Å². The van der Waals surface area contributed by atoms with Crippen LogP contribution in [-0.2, 0) is 0 Å². The number of aliphatic hydroxyl groups excluding tert-OH is 1. The molecule has 18 heavy (non-hydrogen) atoms. The first-order valence-electron chi connectivity index (χ1n) is 7.14. The largest absolute Gasteiger partial charge is 0.396 e. The Labute approximate surface area is 110 Å².